The summed E-state index contributed by atoms with van der Waals surface area (Å²) < 4.78 is 19.5. The molecule has 1 aromatic carbocycles. The molecule has 0 aromatic heterocycles. The normalized spacial score (nSPS) is 18.1. The zero-order valence-electron chi connectivity index (χ0n) is 17.6. The molecule has 1 atom stereocenters. The Bertz CT molecular complexity index is 1000. The number of nitrogens with zero attached hydrogens (tertiary/aromatic N) is 1. The summed E-state index contributed by atoms with van der Waals surface area (Å²) in [5, 5.41) is 4.81. The van der Waals surface area contributed by atoms with Gasteiger partial charge < -0.3 is 15.0 Å². The third-order valence-corrected chi connectivity index (χ3v) is 4.79. The number of piperidine rings is 1. The Kier molecular flexibility index (Phi) is 6.29. The summed E-state index contributed by atoms with van der Waals surface area (Å²) >= 11 is 0. The molecular formula is C22H24FN3O5. The van der Waals surface area contributed by atoms with E-state index in [1.54, 1.807) is 20.8 Å². The predicted octanol–water partition coefficient (Wildman–Crippen LogP) is 1.85. The molecule has 1 saturated heterocycles. The van der Waals surface area contributed by atoms with E-state index >= 15 is 0 Å². The average Bonchev–Trinajstić information content (AvgIpc) is 3.00. The van der Waals surface area contributed by atoms with Gasteiger partial charge in [-0.05, 0) is 39.3 Å². The van der Waals surface area contributed by atoms with Crippen LogP contribution in [0.3, 0.4) is 0 Å². The van der Waals surface area contributed by atoms with Crippen LogP contribution in [0.5, 0.6) is 0 Å². The van der Waals surface area contributed by atoms with Crippen molar-refractivity contribution in [2.75, 3.05) is 6.54 Å². The fourth-order valence-corrected chi connectivity index (χ4v) is 3.45. The maximum Gasteiger partial charge on any atom is 0.407 e. The summed E-state index contributed by atoms with van der Waals surface area (Å²) in [6, 6.07) is 1.84. The van der Waals surface area contributed by atoms with E-state index in [1.807, 2.05) is 0 Å². The lowest BCUT2D eigenvalue weighted by Gasteiger charge is -2.29. The Morgan fingerprint density at radius 3 is 2.74 bits per heavy atom. The largest absolute Gasteiger partial charge is 0.444 e. The highest BCUT2D eigenvalue weighted by Crippen LogP contribution is 2.31. The van der Waals surface area contributed by atoms with Gasteiger partial charge in [0.1, 0.15) is 17.5 Å². The number of amides is 4. The molecule has 1 unspecified atom stereocenters. The number of nitrogens with one attached hydrogen (secondary N) is 2. The Morgan fingerprint density at radius 2 is 2.06 bits per heavy atom. The molecule has 9 heteroatoms. The number of benzene rings is 1. The molecule has 31 heavy (non-hydrogen) atoms. The third kappa shape index (κ3) is 5.20. The molecular weight excluding hydrogens is 405 g/mol. The second-order valence-electron chi connectivity index (χ2n) is 8.33. The maximum absolute atomic E-state index is 14.4. The molecule has 3 rings (SSSR count). The van der Waals surface area contributed by atoms with Crippen LogP contribution in [0.25, 0.3) is 0 Å². The van der Waals surface area contributed by atoms with Crippen molar-refractivity contribution >= 4 is 23.8 Å². The fourth-order valence-electron chi connectivity index (χ4n) is 3.45. The molecule has 4 amide bonds. The molecule has 2 aliphatic heterocycles. The summed E-state index contributed by atoms with van der Waals surface area (Å²) in [5.74, 6) is 3.61. The van der Waals surface area contributed by atoms with Crippen LogP contribution >= 0.6 is 0 Å². The third-order valence-electron chi connectivity index (χ3n) is 4.79. The van der Waals surface area contributed by atoms with Crippen LogP contribution in [-0.4, -0.2) is 46.9 Å². The molecule has 0 spiro atoms. The molecule has 2 aliphatic rings. The Labute approximate surface area is 179 Å². The van der Waals surface area contributed by atoms with Gasteiger partial charge in [0.25, 0.3) is 5.91 Å². The average molecular weight is 429 g/mol. The highest BCUT2D eigenvalue weighted by atomic mass is 19.1. The molecule has 1 fully saturated rings. The van der Waals surface area contributed by atoms with Crippen molar-refractivity contribution in [3.63, 3.8) is 0 Å². The van der Waals surface area contributed by atoms with Crippen LogP contribution < -0.4 is 10.6 Å². The van der Waals surface area contributed by atoms with Crippen molar-refractivity contribution in [1.82, 2.24) is 15.5 Å². The first-order valence-electron chi connectivity index (χ1n) is 9.98. The van der Waals surface area contributed by atoms with E-state index in [0.717, 1.165) is 0 Å². The first kappa shape index (κ1) is 22.3. The summed E-state index contributed by atoms with van der Waals surface area (Å²) in [4.78, 5) is 49.2. The highest BCUT2D eigenvalue weighted by Gasteiger charge is 2.41. The standard InChI is InChI=1S/C22H24FN3O5/c1-22(2,3)31-21(30)24-11-5-4-6-13-7-8-15(23)18-14(13)12-26(20(18)29)16-9-10-17(27)25-19(16)28/h7-8,16H,5,9-12H2,1-3H3,(H,24,30)(H,25,27,28). The summed E-state index contributed by atoms with van der Waals surface area (Å²) in [7, 11) is 0. The molecule has 1 aromatic rings. The SMILES string of the molecule is CC(C)(C)OC(=O)NCCC#Cc1ccc(F)c2c1CN(C1CCC(=O)NC1=O)C2=O. The molecule has 8 nitrogen and oxygen atoms in total. The number of carbonyl (C=O) groups is 4. The van der Waals surface area contributed by atoms with Crippen LogP contribution in [0.4, 0.5) is 9.18 Å². The fraction of sp³-hybridized carbons (Fsp3) is 0.455. The predicted molar refractivity (Wildman–Crippen MR) is 108 cm³/mol. The van der Waals surface area contributed by atoms with Crippen LogP contribution in [-0.2, 0) is 20.9 Å². The number of alkyl carbamates (subject to hydrolysis) is 1. The zero-order valence-corrected chi connectivity index (χ0v) is 17.6. The van der Waals surface area contributed by atoms with E-state index in [2.05, 4.69) is 22.5 Å². The topological polar surface area (TPSA) is 105 Å². The minimum absolute atomic E-state index is 0.0401. The van der Waals surface area contributed by atoms with Crippen molar-refractivity contribution in [2.45, 2.75) is 58.2 Å². The number of halogens is 1. The van der Waals surface area contributed by atoms with Crippen molar-refractivity contribution in [2.24, 2.45) is 0 Å². The van der Waals surface area contributed by atoms with Gasteiger partial charge in [0, 0.05) is 37.1 Å². The monoisotopic (exact) mass is 429 g/mol. The summed E-state index contributed by atoms with van der Waals surface area (Å²) in [5.41, 5.74) is 0.216. The van der Waals surface area contributed by atoms with Gasteiger partial charge in [-0.3, -0.25) is 19.7 Å². The Balaban J connectivity index is 1.68. The Hall–Kier alpha value is -3.41. The van der Waals surface area contributed by atoms with Gasteiger partial charge in [-0.25, -0.2) is 9.18 Å². The zero-order chi connectivity index (χ0) is 22.8. The van der Waals surface area contributed by atoms with E-state index < -0.39 is 35.4 Å². The lowest BCUT2D eigenvalue weighted by molar-refractivity contribution is -0.136. The number of rotatable bonds is 3. The van der Waals surface area contributed by atoms with E-state index in [1.165, 1.54) is 17.0 Å². The van der Waals surface area contributed by atoms with Crippen molar-refractivity contribution < 1.29 is 28.3 Å². The second-order valence-corrected chi connectivity index (χ2v) is 8.33. The van der Waals surface area contributed by atoms with Gasteiger partial charge in [-0.1, -0.05) is 11.8 Å². The summed E-state index contributed by atoms with van der Waals surface area (Å²) in [6.45, 7) is 5.60. The van der Waals surface area contributed by atoms with Crippen LogP contribution in [0.2, 0.25) is 0 Å². The van der Waals surface area contributed by atoms with Crippen molar-refractivity contribution in [3.05, 3.63) is 34.6 Å². The molecule has 164 valence electrons. The molecule has 2 heterocycles. The molecule has 0 saturated carbocycles. The van der Waals surface area contributed by atoms with Gasteiger partial charge >= 0.3 is 6.09 Å². The Morgan fingerprint density at radius 1 is 1.32 bits per heavy atom. The molecule has 0 radical (unpaired) electrons. The number of fused-ring (bicyclic) bond motifs is 1. The van der Waals surface area contributed by atoms with Crippen molar-refractivity contribution in [1.29, 1.82) is 0 Å². The number of imide groups is 1. The summed E-state index contributed by atoms with van der Waals surface area (Å²) in [6.07, 6.45) is 0.109. The van der Waals surface area contributed by atoms with Crippen LogP contribution in [0, 0.1) is 17.7 Å². The van der Waals surface area contributed by atoms with E-state index in [9.17, 15) is 23.6 Å². The lowest BCUT2D eigenvalue weighted by atomic mass is 10.0. The highest BCUT2D eigenvalue weighted by molar-refractivity contribution is 6.05. The first-order valence-corrected chi connectivity index (χ1v) is 9.98. The van der Waals surface area contributed by atoms with Crippen molar-refractivity contribution in [3.8, 4) is 11.8 Å². The second kappa shape index (κ2) is 8.76. The van der Waals surface area contributed by atoms with E-state index in [0.29, 0.717) is 17.5 Å². The molecule has 0 bridgehead atoms. The van der Waals surface area contributed by atoms with E-state index in [-0.39, 0.29) is 37.4 Å². The van der Waals surface area contributed by atoms with Gasteiger partial charge in [0.2, 0.25) is 11.8 Å². The lowest BCUT2D eigenvalue weighted by Crippen LogP contribution is -2.52. The van der Waals surface area contributed by atoms with Gasteiger partial charge in [0.05, 0.1) is 5.56 Å². The maximum atomic E-state index is 14.4. The number of hydrogen-bond donors (Lipinski definition) is 2. The van der Waals surface area contributed by atoms with Crippen LogP contribution in [0.1, 0.15) is 61.5 Å². The number of carbonyl (C=O) groups excluding carboxylic acids is 4. The molecule has 2 N–H and O–H groups in total. The smallest absolute Gasteiger partial charge is 0.407 e. The van der Waals surface area contributed by atoms with Gasteiger partial charge in [-0.2, -0.15) is 0 Å². The van der Waals surface area contributed by atoms with Gasteiger partial charge in [-0.15, -0.1) is 0 Å². The van der Waals surface area contributed by atoms with E-state index in [4.69, 9.17) is 4.74 Å². The molecule has 0 aliphatic carbocycles. The number of hydrogen-bond acceptors (Lipinski definition) is 5. The first-order chi connectivity index (χ1) is 14.6. The minimum atomic E-state index is -0.823. The minimum Gasteiger partial charge on any atom is -0.444 e. The quantitative estimate of drug-likeness (QED) is 0.434. The number of ether oxygens (including phenoxy) is 1. The van der Waals surface area contributed by atoms with Gasteiger partial charge in [0.15, 0.2) is 0 Å². The van der Waals surface area contributed by atoms with Crippen LogP contribution in [0.15, 0.2) is 12.1 Å².